The number of ether oxygens (including phenoxy) is 2. The highest BCUT2D eigenvalue weighted by Crippen LogP contribution is 2.42. The van der Waals surface area contributed by atoms with Crippen LogP contribution in [0.2, 0.25) is 0 Å². The molecule has 1 aromatic heterocycles. The fourth-order valence-electron chi connectivity index (χ4n) is 4.84. The Morgan fingerprint density at radius 1 is 1.11 bits per heavy atom. The summed E-state index contributed by atoms with van der Waals surface area (Å²) in [5.41, 5.74) is 0.477. The Labute approximate surface area is 211 Å². The van der Waals surface area contributed by atoms with Gasteiger partial charge in [0.1, 0.15) is 16.2 Å². The molecule has 2 aliphatic rings. The Morgan fingerprint density at radius 3 is 2.61 bits per heavy atom. The summed E-state index contributed by atoms with van der Waals surface area (Å²) in [5.74, 6) is 0.356. The van der Waals surface area contributed by atoms with E-state index in [4.69, 9.17) is 9.47 Å². The Balaban J connectivity index is 1.32. The van der Waals surface area contributed by atoms with E-state index in [0.29, 0.717) is 23.5 Å². The molecule has 0 radical (unpaired) electrons. The molecule has 36 heavy (non-hydrogen) atoms. The lowest BCUT2D eigenvalue weighted by atomic mass is 9.88. The molecule has 2 aliphatic heterocycles. The summed E-state index contributed by atoms with van der Waals surface area (Å²) in [6.07, 6.45) is -0.541. The first kappa shape index (κ1) is 24.4. The smallest absolute Gasteiger partial charge is 0.416 e. The molecular weight excluding hydrogens is 491 g/mol. The van der Waals surface area contributed by atoms with Crippen LogP contribution in [0.1, 0.15) is 40.1 Å². The van der Waals surface area contributed by atoms with Crippen molar-refractivity contribution in [2.45, 2.75) is 37.6 Å². The van der Waals surface area contributed by atoms with Crippen molar-refractivity contribution in [2.24, 2.45) is 0 Å². The summed E-state index contributed by atoms with van der Waals surface area (Å²) < 4.78 is 51.1. The highest BCUT2D eigenvalue weighted by Gasteiger charge is 2.40. The van der Waals surface area contributed by atoms with Gasteiger partial charge < -0.3 is 19.3 Å². The Hall–Kier alpha value is -3.27. The lowest BCUT2D eigenvalue weighted by Gasteiger charge is -2.41. The van der Waals surface area contributed by atoms with Gasteiger partial charge in [0.25, 0.3) is 0 Å². The number of aromatic nitrogens is 1. The van der Waals surface area contributed by atoms with Crippen molar-refractivity contribution in [3.05, 3.63) is 70.7 Å². The SMILES string of the molecule is COC(=O)c1cnc(N2CCC3(CC2)CCN(Cc2cccc(C(F)(F)F)c2)c2ccccc2O3)s1. The Kier molecular flexibility index (Phi) is 6.55. The first-order valence-corrected chi connectivity index (χ1v) is 12.6. The van der Waals surface area contributed by atoms with Crippen molar-refractivity contribution < 1.29 is 27.4 Å². The van der Waals surface area contributed by atoms with E-state index in [1.54, 1.807) is 12.3 Å². The maximum Gasteiger partial charge on any atom is 0.416 e. The number of fused-ring (bicyclic) bond motifs is 1. The number of piperidine rings is 1. The lowest BCUT2D eigenvalue weighted by molar-refractivity contribution is -0.137. The Morgan fingerprint density at radius 2 is 1.86 bits per heavy atom. The highest BCUT2D eigenvalue weighted by molar-refractivity contribution is 7.17. The molecule has 1 saturated heterocycles. The topological polar surface area (TPSA) is 54.9 Å². The number of anilines is 2. The summed E-state index contributed by atoms with van der Waals surface area (Å²) in [5, 5.41) is 0.783. The highest BCUT2D eigenvalue weighted by atomic mass is 32.1. The molecule has 0 saturated carbocycles. The van der Waals surface area contributed by atoms with Crippen molar-refractivity contribution in [3.63, 3.8) is 0 Å². The minimum atomic E-state index is -4.37. The van der Waals surface area contributed by atoms with Crippen molar-refractivity contribution in [1.82, 2.24) is 4.98 Å². The number of esters is 1. The quantitative estimate of drug-likeness (QED) is 0.409. The van der Waals surface area contributed by atoms with Crippen LogP contribution in [-0.2, 0) is 17.5 Å². The van der Waals surface area contributed by atoms with Gasteiger partial charge in [0.05, 0.1) is 24.6 Å². The molecule has 0 bridgehead atoms. The number of halogens is 3. The zero-order valence-electron chi connectivity index (χ0n) is 19.8. The van der Waals surface area contributed by atoms with Crippen LogP contribution in [0.4, 0.5) is 24.0 Å². The van der Waals surface area contributed by atoms with Crippen molar-refractivity contribution in [3.8, 4) is 5.75 Å². The predicted molar refractivity (Wildman–Crippen MR) is 132 cm³/mol. The summed E-state index contributed by atoms with van der Waals surface area (Å²) in [6, 6.07) is 13.2. The molecule has 3 heterocycles. The molecule has 1 fully saturated rings. The second-order valence-electron chi connectivity index (χ2n) is 9.11. The number of para-hydroxylation sites is 2. The van der Waals surface area contributed by atoms with E-state index in [0.717, 1.165) is 55.0 Å². The maximum absolute atomic E-state index is 13.2. The molecule has 0 aliphatic carbocycles. The zero-order valence-corrected chi connectivity index (χ0v) is 20.6. The van der Waals surface area contributed by atoms with Crippen molar-refractivity contribution >= 4 is 28.1 Å². The van der Waals surface area contributed by atoms with E-state index in [1.165, 1.54) is 30.6 Å². The predicted octanol–water partition coefficient (Wildman–Crippen LogP) is 5.78. The molecule has 0 N–H and O–H groups in total. The molecule has 1 spiro atoms. The van der Waals surface area contributed by atoms with Crippen molar-refractivity contribution in [1.29, 1.82) is 0 Å². The number of rotatable bonds is 4. The number of carbonyl (C=O) groups excluding carboxylic acids is 1. The van der Waals surface area contributed by atoms with E-state index in [-0.39, 0.29) is 5.60 Å². The molecule has 0 amide bonds. The number of carbonyl (C=O) groups is 1. The fraction of sp³-hybridized carbons (Fsp3) is 0.385. The van der Waals surface area contributed by atoms with E-state index < -0.39 is 17.7 Å². The molecule has 3 aromatic rings. The molecule has 0 unspecified atom stereocenters. The van der Waals surface area contributed by atoms with Gasteiger partial charge >= 0.3 is 12.1 Å². The number of nitrogens with zero attached hydrogens (tertiary/aromatic N) is 3. The van der Waals surface area contributed by atoms with Gasteiger partial charge in [0.2, 0.25) is 0 Å². The molecule has 190 valence electrons. The molecule has 5 rings (SSSR count). The van der Waals surface area contributed by atoms with Crippen molar-refractivity contribution in [2.75, 3.05) is 36.5 Å². The third-order valence-electron chi connectivity index (χ3n) is 6.82. The third kappa shape index (κ3) is 5.00. The molecule has 6 nitrogen and oxygen atoms in total. The minimum Gasteiger partial charge on any atom is -0.485 e. The first-order chi connectivity index (χ1) is 17.3. The van der Waals surface area contributed by atoms with Crippen LogP contribution in [0.3, 0.4) is 0 Å². The van der Waals surface area contributed by atoms with Gasteiger partial charge in [-0.05, 0) is 29.8 Å². The largest absolute Gasteiger partial charge is 0.485 e. The standard InChI is InChI=1S/C26H26F3N3O3S/c1-34-23(33)22-16-30-24(36-22)31-12-9-25(10-13-31)11-14-32(20-7-2-3-8-21(20)35-25)17-18-5-4-6-19(15-18)26(27,28)29/h2-8,15-16H,9-14,17H2,1H3. The molecule has 2 aromatic carbocycles. The number of thiazole rings is 1. The molecular formula is C26H26F3N3O3S. The van der Waals surface area contributed by atoms with Gasteiger partial charge in [-0.1, -0.05) is 35.6 Å². The van der Waals surface area contributed by atoms with Gasteiger partial charge in [-0.3, -0.25) is 0 Å². The number of alkyl halides is 3. The number of hydrogen-bond acceptors (Lipinski definition) is 7. The van der Waals surface area contributed by atoms with Gasteiger partial charge in [-0.25, -0.2) is 9.78 Å². The van der Waals surface area contributed by atoms with Gasteiger partial charge in [-0.2, -0.15) is 13.2 Å². The Bertz CT molecular complexity index is 1240. The van der Waals surface area contributed by atoms with Gasteiger partial charge in [0, 0.05) is 45.4 Å². The van der Waals surface area contributed by atoms with Crippen LogP contribution in [0.5, 0.6) is 5.75 Å². The fourth-order valence-corrected chi connectivity index (χ4v) is 5.73. The maximum atomic E-state index is 13.2. The average molecular weight is 518 g/mol. The van der Waals surface area contributed by atoms with Crippen LogP contribution in [0.15, 0.2) is 54.7 Å². The average Bonchev–Trinajstić information content (AvgIpc) is 3.32. The van der Waals surface area contributed by atoms with Gasteiger partial charge in [-0.15, -0.1) is 0 Å². The third-order valence-corrected chi connectivity index (χ3v) is 7.86. The lowest BCUT2D eigenvalue weighted by Crippen LogP contribution is -2.48. The van der Waals surface area contributed by atoms with E-state index >= 15 is 0 Å². The summed E-state index contributed by atoms with van der Waals surface area (Å²) in [4.78, 5) is 20.9. The summed E-state index contributed by atoms with van der Waals surface area (Å²) in [7, 11) is 1.35. The number of methoxy groups -OCH3 is 1. The van der Waals surface area contributed by atoms with Gasteiger partial charge in [0.15, 0.2) is 5.13 Å². The first-order valence-electron chi connectivity index (χ1n) is 11.7. The molecule has 10 heteroatoms. The zero-order chi connectivity index (χ0) is 25.3. The van der Waals surface area contributed by atoms with Crippen LogP contribution in [0, 0.1) is 0 Å². The van der Waals surface area contributed by atoms with E-state index in [1.807, 2.05) is 24.3 Å². The van der Waals surface area contributed by atoms with Crippen LogP contribution in [-0.4, -0.2) is 43.3 Å². The molecule has 0 atom stereocenters. The number of hydrogen-bond donors (Lipinski definition) is 0. The second kappa shape index (κ2) is 9.65. The summed E-state index contributed by atoms with van der Waals surface area (Å²) >= 11 is 1.32. The second-order valence-corrected chi connectivity index (χ2v) is 10.1. The van der Waals surface area contributed by atoms with Crippen LogP contribution in [0.25, 0.3) is 0 Å². The number of benzene rings is 2. The van der Waals surface area contributed by atoms with E-state index in [2.05, 4.69) is 14.8 Å². The normalized spacial score (nSPS) is 17.3. The van der Waals surface area contributed by atoms with Crippen LogP contribution < -0.4 is 14.5 Å². The minimum absolute atomic E-state index is 0.363. The van der Waals surface area contributed by atoms with Crippen LogP contribution >= 0.6 is 11.3 Å². The monoisotopic (exact) mass is 517 g/mol. The van der Waals surface area contributed by atoms with E-state index in [9.17, 15) is 18.0 Å². The summed E-state index contributed by atoms with van der Waals surface area (Å²) in [6.45, 7) is 2.48.